The molecule has 7 heteroatoms. The highest BCUT2D eigenvalue weighted by Gasteiger charge is 2.30. The molecule has 0 spiro atoms. The zero-order chi connectivity index (χ0) is 19.3. The third kappa shape index (κ3) is 4.27. The molecule has 0 aliphatic carbocycles. The first-order chi connectivity index (χ1) is 12.4. The van der Waals surface area contributed by atoms with Crippen LogP contribution >= 0.6 is 0 Å². The number of aryl methyl sites for hydroxylation is 1. The molecule has 0 aromatic carbocycles. The highest BCUT2D eigenvalue weighted by Crippen LogP contribution is 2.23. The molecule has 146 valence electrons. The number of rotatable bonds is 7. The fraction of sp³-hybridized carbons (Fsp3) is 0.684. The molecular formula is C19H31N3O4. The summed E-state index contributed by atoms with van der Waals surface area (Å²) in [6.07, 6.45) is 3.24. The SMILES string of the molecule is CCc1[nH]c(C(=O)N2CCC(N(C)CCCO)CC2)c(C)c1C(=O)OC. The van der Waals surface area contributed by atoms with E-state index in [0.717, 1.165) is 31.5 Å². The second-order valence-electron chi connectivity index (χ2n) is 6.90. The van der Waals surface area contributed by atoms with E-state index in [1.165, 1.54) is 7.11 Å². The molecule has 0 bridgehead atoms. The molecule has 2 heterocycles. The number of amides is 1. The standard InChI is InChI=1S/C19H31N3O4/c1-5-15-16(19(25)26-4)13(2)17(20-15)18(24)22-10-7-14(8-11-22)21(3)9-6-12-23/h14,20,23H,5-12H2,1-4H3. The van der Waals surface area contributed by atoms with Crippen LogP contribution in [0.1, 0.15) is 58.3 Å². The van der Waals surface area contributed by atoms with E-state index in [1.807, 2.05) is 11.8 Å². The van der Waals surface area contributed by atoms with Crippen LogP contribution in [0.4, 0.5) is 0 Å². The maximum absolute atomic E-state index is 13.0. The molecule has 0 atom stereocenters. The van der Waals surface area contributed by atoms with Crippen molar-refractivity contribution in [1.82, 2.24) is 14.8 Å². The largest absolute Gasteiger partial charge is 0.465 e. The summed E-state index contributed by atoms with van der Waals surface area (Å²) in [5.41, 5.74) is 2.39. The van der Waals surface area contributed by atoms with E-state index < -0.39 is 5.97 Å². The van der Waals surface area contributed by atoms with Gasteiger partial charge in [0.1, 0.15) is 5.69 Å². The number of likely N-dealkylation sites (tertiary alicyclic amines) is 1. The molecule has 1 aliphatic rings. The first kappa shape index (κ1) is 20.5. The fourth-order valence-electron chi connectivity index (χ4n) is 3.69. The number of aromatic nitrogens is 1. The lowest BCUT2D eigenvalue weighted by molar-refractivity contribution is 0.0599. The number of nitrogens with one attached hydrogen (secondary N) is 1. The Morgan fingerprint density at radius 2 is 2.00 bits per heavy atom. The number of nitrogens with zero attached hydrogens (tertiary/aromatic N) is 2. The molecule has 1 amide bonds. The summed E-state index contributed by atoms with van der Waals surface area (Å²) in [7, 11) is 3.43. The Labute approximate surface area is 155 Å². The van der Waals surface area contributed by atoms with Crippen molar-refractivity contribution in [3.05, 3.63) is 22.5 Å². The molecule has 2 N–H and O–H groups in total. The van der Waals surface area contributed by atoms with Crippen LogP contribution in [-0.2, 0) is 11.2 Å². The van der Waals surface area contributed by atoms with E-state index >= 15 is 0 Å². The van der Waals surface area contributed by atoms with Gasteiger partial charge in [-0.15, -0.1) is 0 Å². The number of ether oxygens (including phenoxy) is 1. The summed E-state index contributed by atoms with van der Waals surface area (Å²) in [4.78, 5) is 32.3. The van der Waals surface area contributed by atoms with E-state index in [2.05, 4.69) is 16.9 Å². The third-order valence-electron chi connectivity index (χ3n) is 5.33. The van der Waals surface area contributed by atoms with E-state index in [9.17, 15) is 9.59 Å². The molecule has 0 saturated carbocycles. The minimum Gasteiger partial charge on any atom is -0.465 e. The lowest BCUT2D eigenvalue weighted by Gasteiger charge is -2.36. The van der Waals surface area contributed by atoms with Crippen LogP contribution in [0.3, 0.4) is 0 Å². The maximum atomic E-state index is 13.0. The van der Waals surface area contributed by atoms with Crippen LogP contribution in [0.25, 0.3) is 0 Å². The van der Waals surface area contributed by atoms with Crippen LogP contribution in [0.15, 0.2) is 0 Å². The van der Waals surface area contributed by atoms with Crippen molar-refractivity contribution < 1.29 is 19.4 Å². The topological polar surface area (TPSA) is 85.9 Å². The molecule has 26 heavy (non-hydrogen) atoms. The first-order valence-corrected chi connectivity index (χ1v) is 9.34. The second-order valence-corrected chi connectivity index (χ2v) is 6.90. The summed E-state index contributed by atoms with van der Waals surface area (Å²) in [6, 6.07) is 0.437. The molecule has 1 aromatic heterocycles. The lowest BCUT2D eigenvalue weighted by atomic mass is 10.0. The molecule has 2 rings (SSSR count). The molecule has 1 fully saturated rings. The van der Waals surface area contributed by atoms with Crippen molar-refractivity contribution >= 4 is 11.9 Å². The van der Waals surface area contributed by atoms with Crippen molar-refractivity contribution in [1.29, 1.82) is 0 Å². The number of hydrogen-bond donors (Lipinski definition) is 2. The average Bonchev–Trinajstić information content (AvgIpc) is 3.01. The Bertz CT molecular complexity index is 633. The van der Waals surface area contributed by atoms with Gasteiger partial charge in [0.25, 0.3) is 5.91 Å². The minimum atomic E-state index is -0.404. The summed E-state index contributed by atoms with van der Waals surface area (Å²) in [5, 5.41) is 8.97. The number of H-pyrrole nitrogens is 1. The average molecular weight is 365 g/mol. The van der Waals surface area contributed by atoms with Gasteiger partial charge in [0.15, 0.2) is 0 Å². The van der Waals surface area contributed by atoms with E-state index in [4.69, 9.17) is 9.84 Å². The Morgan fingerprint density at radius 1 is 1.35 bits per heavy atom. The van der Waals surface area contributed by atoms with Gasteiger partial charge in [-0.05, 0) is 45.2 Å². The van der Waals surface area contributed by atoms with E-state index in [0.29, 0.717) is 42.4 Å². The Morgan fingerprint density at radius 3 is 2.54 bits per heavy atom. The molecule has 1 aromatic rings. The number of hydrogen-bond acceptors (Lipinski definition) is 5. The van der Waals surface area contributed by atoms with Gasteiger partial charge >= 0.3 is 5.97 Å². The normalized spacial score (nSPS) is 15.5. The second kappa shape index (κ2) is 9.19. The highest BCUT2D eigenvalue weighted by molar-refractivity contribution is 6.00. The van der Waals surface area contributed by atoms with Gasteiger partial charge in [-0.25, -0.2) is 4.79 Å². The molecule has 0 radical (unpaired) electrons. The number of aliphatic hydroxyl groups is 1. The summed E-state index contributed by atoms with van der Waals surface area (Å²) < 4.78 is 4.86. The van der Waals surface area contributed by atoms with Crippen molar-refractivity contribution in [2.45, 2.75) is 45.6 Å². The lowest BCUT2D eigenvalue weighted by Crippen LogP contribution is -2.46. The Kier molecular flexibility index (Phi) is 7.23. The zero-order valence-corrected chi connectivity index (χ0v) is 16.3. The number of aliphatic hydroxyl groups excluding tert-OH is 1. The predicted octanol–water partition coefficient (Wildman–Crippen LogP) is 1.59. The molecule has 1 aliphatic heterocycles. The third-order valence-corrected chi connectivity index (χ3v) is 5.33. The number of aromatic amines is 1. The zero-order valence-electron chi connectivity index (χ0n) is 16.3. The Balaban J connectivity index is 2.07. The van der Waals surface area contributed by atoms with Crippen molar-refractivity contribution in [3.63, 3.8) is 0 Å². The smallest absolute Gasteiger partial charge is 0.339 e. The summed E-state index contributed by atoms with van der Waals surface area (Å²) >= 11 is 0. The number of carbonyl (C=O) groups is 2. The summed E-state index contributed by atoms with van der Waals surface area (Å²) in [5.74, 6) is -0.456. The highest BCUT2D eigenvalue weighted by atomic mass is 16.5. The van der Waals surface area contributed by atoms with Gasteiger partial charge in [-0.3, -0.25) is 4.79 Å². The molecule has 0 unspecified atom stereocenters. The predicted molar refractivity (Wildman–Crippen MR) is 99.5 cm³/mol. The van der Waals surface area contributed by atoms with Crippen LogP contribution in [0, 0.1) is 6.92 Å². The molecule has 7 nitrogen and oxygen atoms in total. The minimum absolute atomic E-state index is 0.0520. The molecule has 1 saturated heterocycles. The van der Waals surface area contributed by atoms with Crippen LogP contribution < -0.4 is 0 Å². The van der Waals surface area contributed by atoms with Gasteiger partial charge in [-0.1, -0.05) is 6.92 Å². The van der Waals surface area contributed by atoms with Gasteiger partial charge in [0, 0.05) is 38.0 Å². The fourth-order valence-corrected chi connectivity index (χ4v) is 3.69. The monoisotopic (exact) mass is 365 g/mol. The van der Waals surface area contributed by atoms with Crippen molar-refractivity contribution in [2.24, 2.45) is 0 Å². The summed E-state index contributed by atoms with van der Waals surface area (Å²) in [6.45, 7) is 6.20. The van der Waals surface area contributed by atoms with Gasteiger partial charge < -0.3 is 24.6 Å². The number of esters is 1. The number of piperidine rings is 1. The maximum Gasteiger partial charge on any atom is 0.339 e. The van der Waals surface area contributed by atoms with E-state index in [-0.39, 0.29) is 12.5 Å². The van der Waals surface area contributed by atoms with Crippen LogP contribution in [0.2, 0.25) is 0 Å². The van der Waals surface area contributed by atoms with Crippen molar-refractivity contribution in [2.75, 3.05) is 40.4 Å². The number of methoxy groups -OCH3 is 1. The first-order valence-electron chi connectivity index (χ1n) is 9.34. The quantitative estimate of drug-likeness (QED) is 0.717. The van der Waals surface area contributed by atoms with Gasteiger partial charge in [-0.2, -0.15) is 0 Å². The molecular weight excluding hydrogens is 334 g/mol. The van der Waals surface area contributed by atoms with Gasteiger partial charge in [0.2, 0.25) is 0 Å². The van der Waals surface area contributed by atoms with Crippen LogP contribution in [-0.4, -0.2) is 78.2 Å². The Hall–Kier alpha value is -1.86. The van der Waals surface area contributed by atoms with E-state index in [1.54, 1.807) is 6.92 Å². The number of carbonyl (C=O) groups excluding carboxylic acids is 2. The van der Waals surface area contributed by atoms with Crippen LogP contribution in [0.5, 0.6) is 0 Å². The van der Waals surface area contributed by atoms with Gasteiger partial charge in [0.05, 0.1) is 12.7 Å². The van der Waals surface area contributed by atoms with Crippen molar-refractivity contribution in [3.8, 4) is 0 Å².